The molecule has 0 aliphatic carbocycles. The quantitative estimate of drug-likeness (QED) is 0.454. The van der Waals surface area contributed by atoms with Crippen LogP contribution in [0.2, 0.25) is 0 Å². The summed E-state index contributed by atoms with van der Waals surface area (Å²) >= 11 is 5.33. The number of halogens is 3. The van der Waals surface area contributed by atoms with Crippen molar-refractivity contribution in [1.29, 1.82) is 0 Å². The van der Waals surface area contributed by atoms with Gasteiger partial charge in [-0.05, 0) is 0 Å². The van der Waals surface area contributed by atoms with Crippen molar-refractivity contribution in [2.45, 2.75) is 0 Å². The molecular weight excluding hydrogens is 214 g/mol. The van der Waals surface area contributed by atoms with Gasteiger partial charge < -0.3 is 10.8 Å². The number of phenolic OH excluding ortho intramolecular Hbond substituents is 1. The molecule has 0 amide bonds. The minimum atomic E-state index is -1.31. The maximum absolute atomic E-state index is 12.7. The number of alkyl halides is 1. The molecule has 0 radical (unpaired) electrons. The Kier molecular flexibility index (Phi) is 3.24. The Morgan fingerprint density at radius 2 is 2.14 bits per heavy atom. The van der Waals surface area contributed by atoms with Crippen molar-refractivity contribution in [1.82, 2.24) is 0 Å². The summed E-state index contributed by atoms with van der Waals surface area (Å²) in [5.41, 5.74) is 5.28. The first-order valence-corrected chi connectivity index (χ1v) is 4.15. The third kappa shape index (κ3) is 2.32. The van der Waals surface area contributed by atoms with Crippen molar-refractivity contribution >= 4 is 23.1 Å². The van der Waals surface area contributed by atoms with Gasteiger partial charge in [0.15, 0.2) is 17.4 Å². The molecule has 0 heterocycles. The van der Waals surface area contributed by atoms with Crippen LogP contribution < -0.4 is 5.73 Å². The van der Waals surface area contributed by atoms with Crippen molar-refractivity contribution in [3.8, 4) is 5.75 Å². The van der Waals surface area contributed by atoms with Gasteiger partial charge in [-0.25, -0.2) is 9.38 Å². The second-order valence-electron chi connectivity index (χ2n) is 2.50. The lowest BCUT2D eigenvalue weighted by atomic mass is 10.3. The van der Waals surface area contributed by atoms with Gasteiger partial charge >= 0.3 is 0 Å². The number of nitrogens with zero attached hydrogens (tertiary/aromatic N) is 1. The number of aromatic hydroxyl groups is 1. The molecule has 0 bridgehead atoms. The topological polar surface area (TPSA) is 58.6 Å². The lowest BCUT2D eigenvalue weighted by Gasteiger charge is -2.00. The van der Waals surface area contributed by atoms with E-state index in [9.17, 15) is 8.78 Å². The first-order chi connectivity index (χ1) is 6.54. The van der Waals surface area contributed by atoms with E-state index in [2.05, 4.69) is 4.99 Å². The SMILES string of the molecule is NC(CCl)=Nc1cc(O)c(F)c(F)c1. The van der Waals surface area contributed by atoms with Gasteiger partial charge in [-0.3, -0.25) is 0 Å². The Bertz CT molecular complexity index is 359. The molecule has 14 heavy (non-hydrogen) atoms. The number of phenols is 1. The van der Waals surface area contributed by atoms with E-state index < -0.39 is 17.4 Å². The molecule has 0 atom stereocenters. The average molecular weight is 221 g/mol. The lowest BCUT2D eigenvalue weighted by molar-refractivity contribution is 0.407. The first-order valence-electron chi connectivity index (χ1n) is 3.61. The highest BCUT2D eigenvalue weighted by molar-refractivity contribution is 6.28. The molecule has 1 aromatic rings. The first kappa shape index (κ1) is 10.7. The molecule has 6 heteroatoms. The number of benzene rings is 1. The molecule has 0 fully saturated rings. The predicted octanol–water partition coefficient (Wildman–Crippen LogP) is 1.90. The van der Waals surface area contributed by atoms with E-state index >= 15 is 0 Å². The zero-order valence-corrected chi connectivity index (χ0v) is 7.72. The third-order valence-corrected chi connectivity index (χ3v) is 1.68. The van der Waals surface area contributed by atoms with Crippen LogP contribution in [0.4, 0.5) is 14.5 Å². The Hall–Kier alpha value is -1.36. The second kappa shape index (κ2) is 4.23. The van der Waals surface area contributed by atoms with E-state index in [0.29, 0.717) is 0 Å². The Morgan fingerprint density at radius 3 is 2.64 bits per heavy atom. The van der Waals surface area contributed by atoms with Crippen molar-refractivity contribution in [3.05, 3.63) is 23.8 Å². The summed E-state index contributed by atoms with van der Waals surface area (Å²) in [6.45, 7) is 0. The Balaban J connectivity index is 3.13. The van der Waals surface area contributed by atoms with Gasteiger partial charge in [0.05, 0.1) is 11.6 Å². The number of hydrogen-bond acceptors (Lipinski definition) is 2. The van der Waals surface area contributed by atoms with Crippen LogP contribution in [-0.4, -0.2) is 16.8 Å². The van der Waals surface area contributed by atoms with Crippen LogP contribution in [0, 0.1) is 11.6 Å². The van der Waals surface area contributed by atoms with Crippen LogP contribution in [0.15, 0.2) is 17.1 Å². The molecule has 0 saturated carbocycles. The molecular formula is C8H7ClF2N2O. The molecule has 3 N–H and O–H groups in total. The zero-order chi connectivity index (χ0) is 10.7. The molecule has 0 unspecified atom stereocenters. The van der Waals surface area contributed by atoms with Crippen molar-refractivity contribution in [3.63, 3.8) is 0 Å². The van der Waals surface area contributed by atoms with E-state index in [1.54, 1.807) is 0 Å². The predicted molar refractivity (Wildman–Crippen MR) is 50.0 cm³/mol. The number of rotatable bonds is 2. The van der Waals surface area contributed by atoms with E-state index in [1.807, 2.05) is 0 Å². The Morgan fingerprint density at radius 1 is 1.50 bits per heavy atom. The summed E-state index contributed by atoms with van der Waals surface area (Å²) in [5.74, 6) is -3.29. The van der Waals surface area contributed by atoms with Crippen LogP contribution in [0.3, 0.4) is 0 Å². The second-order valence-corrected chi connectivity index (χ2v) is 2.76. The van der Waals surface area contributed by atoms with Gasteiger partial charge in [-0.1, -0.05) is 0 Å². The van der Waals surface area contributed by atoms with E-state index in [4.69, 9.17) is 22.4 Å². The van der Waals surface area contributed by atoms with Crippen LogP contribution in [0.1, 0.15) is 0 Å². The maximum atomic E-state index is 12.7. The molecule has 76 valence electrons. The highest BCUT2D eigenvalue weighted by Gasteiger charge is 2.09. The minimum Gasteiger partial charge on any atom is -0.505 e. The smallest absolute Gasteiger partial charge is 0.200 e. The van der Waals surface area contributed by atoms with Crippen LogP contribution >= 0.6 is 11.6 Å². The standard InChI is InChI=1S/C8H7ClF2N2O/c9-3-7(12)13-4-1-5(10)8(11)6(14)2-4/h1-2,14H,3H2,(H2,12,13). The molecule has 3 nitrogen and oxygen atoms in total. The fraction of sp³-hybridized carbons (Fsp3) is 0.125. The molecule has 0 spiro atoms. The maximum Gasteiger partial charge on any atom is 0.200 e. The zero-order valence-electron chi connectivity index (χ0n) is 6.97. The third-order valence-electron chi connectivity index (χ3n) is 1.40. The van der Waals surface area contributed by atoms with Crippen molar-refractivity contribution in [2.24, 2.45) is 10.7 Å². The summed E-state index contributed by atoms with van der Waals surface area (Å²) in [6, 6.07) is 1.77. The number of nitrogens with two attached hydrogens (primary N) is 1. The number of aliphatic imine (C=N–C) groups is 1. The van der Waals surface area contributed by atoms with E-state index in [0.717, 1.165) is 12.1 Å². The summed E-state index contributed by atoms with van der Waals surface area (Å²) in [7, 11) is 0. The van der Waals surface area contributed by atoms with Gasteiger partial charge in [0.2, 0.25) is 0 Å². The average Bonchev–Trinajstić information content (AvgIpc) is 2.14. The van der Waals surface area contributed by atoms with Gasteiger partial charge in [0.1, 0.15) is 5.84 Å². The molecule has 1 rings (SSSR count). The largest absolute Gasteiger partial charge is 0.505 e. The Labute approximate surface area is 83.8 Å². The monoisotopic (exact) mass is 220 g/mol. The normalized spacial score (nSPS) is 11.8. The molecule has 0 aliphatic heterocycles. The summed E-state index contributed by atoms with van der Waals surface area (Å²) < 4.78 is 25.3. The van der Waals surface area contributed by atoms with Gasteiger partial charge in [0, 0.05) is 12.1 Å². The minimum absolute atomic E-state index is 0.0135. The lowest BCUT2D eigenvalue weighted by Crippen LogP contribution is -2.12. The summed E-state index contributed by atoms with van der Waals surface area (Å²) in [5, 5.41) is 8.91. The van der Waals surface area contributed by atoms with E-state index in [-0.39, 0.29) is 17.4 Å². The number of amidine groups is 1. The fourth-order valence-electron chi connectivity index (χ4n) is 0.821. The van der Waals surface area contributed by atoms with Crippen LogP contribution in [-0.2, 0) is 0 Å². The van der Waals surface area contributed by atoms with Crippen molar-refractivity contribution < 1.29 is 13.9 Å². The molecule has 0 aliphatic rings. The molecule has 1 aromatic carbocycles. The highest BCUT2D eigenvalue weighted by atomic mass is 35.5. The van der Waals surface area contributed by atoms with Gasteiger partial charge in [0.25, 0.3) is 0 Å². The fourth-order valence-corrected chi connectivity index (χ4v) is 0.881. The summed E-state index contributed by atoms with van der Waals surface area (Å²) in [6.07, 6.45) is 0. The summed E-state index contributed by atoms with van der Waals surface area (Å²) in [4.78, 5) is 3.64. The highest BCUT2D eigenvalue weighted by Crippen LogP contribution is 2.25. The van der Waals surface area contributed by atoms with Crippen molar-refractivity contribution in [2.75, 3.05) is 5.88 Å². The van der Waals surface area contributed by atoms with Crippen LogP contribution in [0.25, 0.3) is 0 Å². The van der Waals surface area contributed by atoms with Gasteiger partial charge in [-0.2, -0.15) is 4.39 Å². The van der Waals surface area contributed by atoms with Gasteiger partial charge in [-0.15, -0.1) is 11.6 Å². The molecule has 0 saturated heterocycles. The number of hydrogen-bond donors (Lipinski definition) is 2. The molecule has 0 aromatic heterocycles. The van der Waals surface area contributed by atoms with E-state index in [1.165, 1.54) is 0 Å². The van der Waals surface area contributed by atoms with Crippen LogP contribution in [0.5, 0.6) is 5.75 Å².